The maximum absolute atomic E-state index is 11.4. The van der Waals surface area contributed by atoms with E-state index in [0.717, 1.165) is 25.2 Å². The molecule has 0 saturated carbocycles. The lowest BCUT2D eigenvalue weighted by Gasteiger charge is -2.25. The number of ketones is 1. The van der Waals surface area contributed by atoms with E-state index < -0.39 is 0 Å². The molecule has 1 aliphatic rings. The van der Waals surface area contributed by atoms with Crippen LogP contribution in [0, 0.1) is 0 Å². The van der Waals surface area contributed by atoms with E-state index in [-0.39, 0.29) is 5.78 Å². The summed E-state index contributed by atoms with van der Waals surface area (Å²) < 4.78 is 0. The average Bonchev–Trinajstić information content (AvgIpc) is 2.34. The highest BCUT2D eigenvalue weighted by Gasteiger charge is 2.12. The average molecular weight is 261 g/mol. The largest absolute Gasteiger partial charge is 0.508 e. The topological polar surface area (TPSA) is 40.5 Å². The Balaban J connectivity index is 2.07. The highest BCUT2D eigenvalue weighted by molar-refractivity contribution is 5.94. The monoisotopic (exact) mass is 261 g/mol. The minimum absolute atomic E-state index is 0.0499. The molecule has 2 rings (SSSR count). The Labute approximate surface area is 115 Å². The second-order valence-electron chi connectivity index (χ2n) is 5.44. The minimum atomic E-state index is 0.0499. The van der Waals surface area contributed by atoms with Crippen molar-refractivity contribution in [1.82, 2.24) is 4.90 Å². The Morgan fingerprint density at radius 2 is 1.79 bits per heavy atom. The van der Waals surface area contributed by atoms with E-state index in [9.17, 15) is 9.90 Å². The van der Waals surface area contributed by atoms with Crippen LogP contribution in [0.5, 0.6) is 5.75 Å². The van der Waals surface area contributed by atoms with Crippen molar-refractivity contribution in [2.75, 3.05) is 13.1 Å². The molecule has 1 aliphatic heterocycles. The van der Waals surface area contributed by atoms with E-state index >= 15 is 0 Å². The van der Waals surface area contributed by atoms with Crippen LogP contribution in [-0.2, 0) is 6.54 Å². The first kappa shape index (κ1) is 14.1. The third kappa shape index (κ3) is 4.06. The molecular formula is C16H23NO2. The number of phenols is 1. The molecule has 1 fully saturated rings. The van der Waals surface area contributed by atoms with Crippen molar-refractivity contribution in [3.05, 3.63) is 29.3 Å². The number of rotatable bonds is 3. The second kappa shape index (κ2) is 6.71. The smallest absolute Gasteiger partial charge is 0.159 e. The summed E-state index contributed by atoms with van der Waals surface area (Å²) in [7, 11) is 0. The maximum Gasteiger partial charge on any atom is 0.159 e. The summed E-state index contributed by atoms with van der Waals surface area (Å²) in [5, 5.41) is 9.94. The van der Waals surface area contributed by atoms with Gasteiger partial charge < -0.3 is 5.11 Å². The number of carbonyl (C=O) groups is 1. The summed E-state index contributed by atoms with van der Waals surface area (Å²) in [6.07, 6.45) is 6.41. The van der Waals surface area contributed by atoms with Crippen molar-refractivity contribution in [3.8, 4) is 5.75 Å². The van der Waals surface area contributed by atoms with Crippen molar-refractivity contribution < 1.29 is 9.90 Å². The van der Waals surface area contributed by atoms with Crippen LogP contribution >= 0.6 is 0 Å². The number of Topliss-reactive ketones (excluding diaryl/α,β-unsaturated/α-hetero) is 1. The Morgan fingerprint density at radius 3 is 2.42 bits per heavy atom. The van der Waals surface area contributed by atoms with Crippen LogP contribution < -0.4 is 0 Å². The van der Waals surface area contributed by atoms with Gasteiger partial charge in [0.2, 0.25) is 0 Å². The van der Waals surface area contributed by atoms with Gasteiger partial charge >= 0.3 is 0 Å². The van der Waals surface area contributed by atoms with Gasteiger partial charge in [-0.05, 0) is 51.1 Å². The maximum atomic E-state index is 11.4. The van der Waals surface area contributed by atoms with Gasteiger partial charge in [-0.2, -0.15) is 0 Å². The number of carbonyl (C=O) groups excluding carboxylic acids is 1. The van der Waals surface area contributed by atoms with Crippen molar-refractivity contribution in [2.45, 2.75) is 45.6 Å². The normalized spacial score (nSPS) is 17.7. The molecule has 104 valence electrons. The van der Waals surface area contributed by atoms with Crippen LogP contribution in [0.25, 0.3) is 0 Å². The van der Waals surface area contributed by atoms with Gasteiger partial charge in [0, 0.05) is 17.7 Å². The van der Waals surface area contributed by atoms with Crippen molar-refractivity contribution in [2.24, 2.45) is 0 Å². The standard InChI is InChI=1S/C16H23NO2/c1-13(18)14-7-8-16(19)15(11-14)12-17-9-5-3-2-4-6-10-17/h7-8,11,19H,2-6,9-10,12H2,1H3. The summed E-state index contributed by atoms with van der Waals surface area (Å²) in [4.78, 5) is 13.8. The van der Waals surface area contributed by atoms with Crippen LogP contribution in [-0.4, -0.2) is 28.9 Å². The summed E-state index contributed by atoms with van der Waals surface area (Å²) >= 11 is 0. The lowest BCUT2D eigenvalue weighted by atomic mass is 10.0. The van der Waals surface area contributed by atoms with Crippen LogP contribution in [0.2, 0.25) is 0 Å². The zero-order valence-corrected chi connectivity index (χ0v) is 11.7. The molecule has 1 aromatic rings. The molecule has 0 spiro atoms. The van der Waals surface area contributed by atoms with E-state index in [4.69, 9.17) is 0 Å². The molecule has 1 aromatic carbocycles. The lowest BCUT2D eigenvalue weighted by Crippen LogP contribution is -2.27. The summed E-state index contributed by atoms with van der Waals surface area (Å²) in [5.41, 5.74) is 1.55. The van der Waals surface area contributed by atoms with Crippen LogP contribution in [0.4, 0.5) is 0 Å². The summed E-state index contributed by atoms with van der Waals surface area (Å²) in [6, 6.07) is 5.15. The quantitative estimate of drug-likeness (QED) is 0.848. The Bertz CT molecular complexity index is 434. The van der Waals surface area contributed by atoms with Crippen molar-refractivity contribution in [3.63, 3.8) is 0 Å². The third-order valence-electron chi connectivity index (χ3n) is 3.83. The highest BCUT2D eigenvalue weighted by atomic mass is 16.3. The van der Waals surface area contributed by atoms with Gasteiger partial charge in [-0.25, -0.2) is 0 Å². The predicted molar refractivity (Wildman–Crippen MR) is 76.5 cm³/mol. The molecule has 3 nitrogen and oxygen atoms in total. The Hall–Kier alpha value is -1.35. The number of nitrogens with zero attached hydrogens (tertiary/aromatic N) is 1. The zero-order valence-electron chi connectivity index (χ0n) is 11.7. The van der Waals surface area contributed by atoms with E-state index in [0.29, 0.717) is 11.3 Å². The van der Waals surface area contributed by atoms with Gasteiger partial charge in [0.15, 0.2) is 5.78 Å². The fraction of sp³-hybridized carbons (Fsp3) is 0.562. The predicted octanol–water partition coefficient (Wildman–Crippen LogP) is 3.36. The van der Waals surface area contributed by atoms with E-state index in [1.165, 1.54) is 32.1 Å². The number of hydrogen-bond acceptors (Lipinski definition) is 3. The second-order valence-corrected chi connectivity index (χ2v) is 5.44. The molecule has 0 bridgehead atoms. The first-order chi connectivity index (χ1) is 9.16. The summed E-state index contributed by atoms with van der Waals surface area (Å²) in [6.45, 7) is 4.48. The molecule has 0 atom stereocenters. The van der Waals surface area contributed by atoms with E-state index in [1.54, 1.807) is 19.1 Å². The molecule has 1 saturated heterocycles. The molecule has 1 N–H and O–H groups in total. The third-order valence-corrected chi connectivity index (χ3v) is 3.83. The number of benzene rings is 1. The molecule has 0 aromatic heterocycles. The molecule has 0 unspecified atom stereocenters. The van der Waals surface area contributed by atoms with Crippen LogP contribution in [0.15, 0.2) is 18.2 Å². The van der Waals surface area contributed by atoms with Crippen LogP contribution in [0.1, 0.15) is 54.9 Å². The first-order valence-electron chi connectivity index (χ1n) is 7.22. The van der Waals surface area contributed by atoms with Crippen molar-refractivity contribution >= 4 is 5.78 Å². The Kier molecular flexibility index (Phi) is 4.97. The fourth-order valence-electron chi connectivity index (χ4n) is 2.64. The van der Waals surface area contributed by atoms with Gasteiger partial charge in [-0.15, -0.1) is 0 Å². The molecule has 0 amide bonds. The first-order valence-corrected chi connectivity index (χ1v) is 7.22. The number of likely N-dealkylation sites (tertiary alicyclic amines) is 1. The zero-order chi connectivity index (χ0) is 13.7. The van der Waals surface area contributed by atoms with Gasteiger partial charge in [0.25, 0.3) is 0 Å². The van der Waals surface area contributed by atoms with Crippen LogP contribution in [0.3, 0.4) is 0 Å². The fourth-order valence-corrected chi connectivity index (χ4v) is 2.64. The van der Waals surface area contributed by atoms with Crippen molar-refractivity contribution in [1.29, 1.82) is 0 Å². The Morgan fingerprint density at radius 1 is 1.16 bits per heavy atom. The number of aromatic hydroxyl groups is 1. The number of hydrogen-bond donors (Lipinski definition) is 1. The highest BCUT2D eigenvalue weighted by Crippen LogP contribution is 2.22. The van der Waals surface area contributed by atoms with E-state index in [2.05, 4.69) is 4.90 Å². The molecule has 0 aliphatic carbocycles. The van der Waals surface area contributed by atoms with Gasteiger partial charge in [-0.3, -0.25) is 9.69 Å². The molecular weight excluding hydrogens is 238 g/mol. The summed E-state index contributed by atoms with van der Waals surface area (Å²) in [5.74, 6) is 0.348. The van der Waals surface area contributed by atoms with Gasteiger partial charge in [0.05, 0.1) is 0 Å². The van der Waals surface area contributed by atoms with E-state index in [1.807, 2.05) is 6.07 Å². The van der Waals surface area contributed by atoms with Gasteiger partial charge in [-0.1, -0.05) is 19.3 Å². The molecule has 19 heavy (non-hydrogen) atoms. The van der Waals surface area contributed by atoms with Gasteiger partial charge in [0.1, 0.15) is 5.75 Å². The number of phenolic OH excluding ortho intramolecular Hbond substituents is 1. The molecule has 3 heteroatoms. The minimum Gasteiger partial charge on any atom is -0.508 e. The lowest BCUT2D eigenvalue weighted by molar-refractivity contribution is 0.101. The molecule has 1 heterocycles. The molecule has 0 radical (unpaired) electrons. The SMILES string of the molecule is CC(=O)c1ccc(O)c(CN2CCCCCCC2)c1.